The Morgan fingerprint density at radius 3 is 2.64 bits per heavy atom. The molecule has 0 aromatic heterocycles. The number of nitrogens with zero attached hydrogens (tertiary/aromatic N) is 1. The quantitative estimate of drug-likeness (QED) is 0.410. The van der Waals surface area contributed by atoms with Gasteiger partial charge in [0, 0.05) is 26.4 Å². The van der Waals surface area contributed by atoms with Crippen LogP contribution in [-0.4, -0.2) is 83.2 Å². The fraction of sp³-hybridized carbons (Fsp3) is 0.767. The number of ether oxygens (including phenoxy) is 3. The van der Waals surface area contributed by atoms with E-state index in [1.54, 1.807) is 20.2 Å². The average molecular weight is 544 g/mol. The summed E-state index contributed by atoms with van der Waals surface area (Å²) in [4.78, 5) is 39.7. The van der Waals surface area contributed by atoms with Crippen LogP contribution in [0.5, 0.6) is 0 Å². The molecule has 9 heteroatoms. The Kier molecular flexibility index (Phi) is 6.14. The molecule has 6 aliphatic rings. The Bertz CT molecular complexity index is 1160. The van der Waals surface area contributed by atoms with Crippen molar-refractivity contribution in [2.45, 2.75) is 88.8 Å². The summed E-state index contributed by atoms with van der Waals surface area (Å²) in [5, 5.41) is 21.8. The lowest BCUT2D eigenvalue weighted by molar-refractivity contribution is -0.183. The molecule has 2 aliphatic heterocycles. The summed E-state index contributed by atoms with van der Waals surface area (Å²) in [6.45, 7) is 6.13. The van der Waals surface area contributed by atoms with Crippen molar-refractivity contribution in [3.63, 3.8) is 0 Å². The second kappa shape index (κ2) is 8.88. The van der Waals surface area contributed by atoms with E-state index in [0.717, 1.165) is 31.3 Å². The van der Waals surface area contributed by atoms with Gasteiger partial charge in [-0.25, -0.2) is 9.59 Å². The lowest BCUT2D eigenvalue weighted by Gasteiger charge is -2.57. The molecule has 1 amide bonds. The minimum atomic E-state index is -1.72. The molecule has 11 unspecified atom stereocenters. The first-order valence-electron chi connectivity index (χ1n) is 14.4. The SMILES string of the molecule is CC1=C(CO)C(=O)OC(C(C)C2CCC3C4CC5OC56C(OC(=O)N(C)C)C=CC(=O)C6(O)C4CCC23C)C1. The summed E-state index contributed by atoms with van der Waals surface area (Å²) in [6.07, 6.45) is 5.92. The molecule has 3 saturated carbocycles. The van der Waals surface area contributed by atoms with Crippen LogP contribution in [-0.2, 0) is 23.8 Å². The third-order valence-corrected chi connectivity index (χ3v) is 11.6. The Balaban J connectivity index is 1.25. The zero-order chi connectivity index (χ0) is 28.1. The third kappa shape index (κ3) is 3.51. The van der Waals surface area contributed by atoms with Gasteiger partial charge in [-0.3, -0.25) is 4.79 Å². The molecule has 9 nitrogen and oxygen atoms in total. The maximum Gasteiger partial charge on any atom is 0.409 e. The number of cyclic esters (lactones) is 1. The number of epoxide rings is 1. The fourth-order valence-corrected chi connectivity index (χ4v) is 9.57. The van der Waals surface area contributed by atoms with Crippen LogP contribution in [0, 0.1) is 35.0 Å². The summed E-state index contributed by atoms with van der Waals surface area (Å²) >= 11 is 0. The molecule has 1 saturated heterocycles. The molecule has 0 aromatic rings. The van der Waals surface area contributed by atoms with Gasteiger partial charge in [-0.15, -0.1) is 0 Å². The number of amides is 1. The number of aliphatic hydroxyl groups is 2. The van der Waals surface area contributed by atoms with Crippen LogP contribution in [0.3, 0.4) is 0 Å². The minimum Gasteiger partial charge on any atom is -0.458 e. The molecule has 11 atom stereocenters. The monoisotopic (exact) mass is 543 g/mol. The third-order valence-electron chi connectivity index (χ3n) is 11.6. The van der Waals surface area contributed by atoms with Gasteiger partial charge in [-0.1, -0.05) is 19.4 Å². The van der Waals surface area contributed by atoms with Crippen LogP contribution in [0.25, 0.3) is 0 Å². The van der Waals surface area contributed by atoms with E-state index in [1.165, 1.54) is 11.0 Å². The maximum absolute atomic E-state index is 13.4. The molecule has 0 aromatic carbocycles. The van der Waals surface area contributed by atoms with Crippen molar-refractivity contribution in [2.24, 2.45) is 35.0 Å². The molecule has 214 valence electrons. The van der Waals surface area contributed by atoms with Gasteiger partial charge in [-0.2, -0.15) is 0 Å². The predicted octanol–water partition coefficient (Wildman–Crippen LogP) is 2.78. The highest BCUT2D eigenvalue weighted by Gasteiger charge is 2.83. The number of aliphatic hydroxyl groups excluding tert-OH is 1. The average Bonchev–Trinajstić information content (AvgIpc) is 3.51. The van der Waals surface area contributed by atoms with Crippen molar-refractivity contribution in [1.82, 2.24) is 4.90 Å². The van der Waals surface area contributed by atoms with E-state index < -0.39 is 29.4 Å². The molecule has 39 heavy (non-hydrogen) atoms. The van der Waals surface area contributed by atoms with Crippen molar-refractivity contribution in [1.29, 1.82) is 0 Å². The number of carbonyl (C=O) groups excluding carboxylic acids is 3. The van der Waals surface area contributed by atoms with Gasteiger partial charge in [0.05, 0.1) is 18.3 Å². The van der Waals surface area contributed by atoms with Gasteiger partial charge in [0.25, 0.3) is 0 Å². The van der Waals surface area contributed by atoms with E-state index in [0.29, 0.717) is 30.3 Å². The molecule has 4 fully saturated rings. The van der Waals surface area contributed by atoms with Crippen molar-refractivity contribution < 1.29 is 38.8 Å². The van der Waals surface area contributed by atoms with E-state index in [9.17, 15) is 24.6 Å². The number of rotatable bonds is 4. The Labute approximate surface area is 229 Å². The molecule has 1 spiro atoms. The van der Waals surface area contributed by atoms with Gasteiger partial charge in [0.2, 0.25) is 0 Å². The maximum atomic E-state index is 13.4. The lowest BCUT2D eigenvalue weighted by Crippen LogP contribution is -2.70. The highest BCUT2D eigenvalue weighted by atomic mass is 16.7. The molecular weight excluding hydrogens is 502 g/mol. The standard InChI is InChI=1S/C30H41NO8/c1-15-12-22(37-26(34)18(15)14-32)16(2)19-6-7-20-17-13-25-30(39-25)24(38-27(35)31(4)5)9-8-23(33)29(30,36)21(17)10-11-28(19,20)3/h8-9,16-17,19-22,24-25,32,36H,6-7,10-14H2,1-5H3. The summed E-state index contributed by atoms with van der Waals surface area (Å²) in [5.41, 5.74) is -1.68. The number of hydrogen-bond acceptors (Lipinski definition) is 8. The second-order valence-corrected chi connectivity index (χ2v) is 13.4. The van der Waals surface area contributed by atoms with E-state index >= 15 is 0 Å². The number of esters is 1. The second-order valence-electron chi connectivity index (χ2n) is 13.4. The molecule has 6 rings (SSSR count). The van der Waals surface area contributed by atoms with E-state index in [-0.39, 0.29) is 47.8 Å². The predicted molar refractivity (Wildman–Crippen MR) is 139 cm³/mol. The van der Waals surface area contributed by atoms with Gasteiger partial charge >= 0.3 is 12.1 Å². The summed E-state index contributed by atoms with van der Waals surface area (Å²) in [6, 6.07) is 0. The van der Waals surface area contributed by atoms with Gasteiger partial charge < -0.3 is 29.3 Å². The van der Waals surface area contributed by atoms with Crippen molar-refractivity contribution >= 4 is 17.8 Å². The number of ketones is 1. The van der Waals surface area contributed by atoms with Crippen molar-refractivity contribution in [2.75, 3.05) is 20.7 Å². The lowest BCUT2D eigenvalue weighted by atomic mass is 9.47. The molecule has 4 aliphatic carbocycles. The molecule has 0 radical (unpaired) electrons. The smallest absolute Gasteiger partial charge is 0.409 e. The van der Waals surface area contributed by atoms with Gasteiger partial charge in [0.15, 0.2) is 23.1 Å². The largest absolute Gasteiger partial charge is 0.458 e. The minimum absolute atomic E-state index is 0.0164. The van der Waals surface area contributed by atoms with Crippen LogP contribution in [0.2, 0.25) is 0 Å². The summed E-state index contributed by atoms with van der Waals surface area (Å²) in [5.74, 6) is -0.129. The zero-order valence-electron chi connectivity index (χ0n) is 23.5. The van der Waals surface area contributed by atoms with E-state index in [4.69, 9.17) is 14.2 Å². The van der Waals surface area contributed by atoms with Crippen molar-refractivity contribution in [3.8, 4) is 0 Å². The Morgan fingerprint density at radius 2 is 1.97 bits per heavy atom. The zero-order valence-corrected chi connectivity index (χ0v) is 23.5. The van der Waals surface area contributed by atoms with Crippen LogP contribution in [0.1, 0.15) is 59.3 Å². The normalized spacial score (nSPS) is 46.9. The Morgan fingerprint density at radius 1 is 1.23 bits per heavy atom. The highest BCUT2D eigenvalue weighted by Crippen LogP contribution is 2.70. The van der Waals surface area contributed by atoms with Gasteiger partial charge in [-0.05, 0) is 80.3 Å². The molecule has 2 N–H and O–H groups in total. The van der Waals surface area contributed by atoms with Crippen LogP contribution >= 0.6 is 0 Å². The summed E-state index contributed by atoms with van der Waals surface area (Å²) in [7, 11) is 3.20. The van der Waals surface area contributed by atoms with Crippen molar-refractivity contribution in [3.05, 3.63) is 23.3 Å². The number of carbonyl (C=O) groups is 3. The van der Waals surface area contributed by atoms with E-state index in [1.807, 2.05) is 6.92 Å². The first kappa shape index (κ1) is 27.0. The number of fused-ring (bicyclic) bond motifs is 4. The van der Waals surface area contributed by atoms with Gasteiger partial charge in [0.1, 0.15) is 6.10 Å². The summed E-state index contributed by atoms with van der Waals surface area (Å²) < 4.78 is 17.8. The topological polar surface area (TPSA) is 126 Å². The number of hydrogen-bond donors (Lipinski definition) is 2. The fourth-order valence-electron chi connectivity index (χ4n) is 9.57. The molecular formula is C30H41NO8. The van der Waals surface area contributed by atoms with Crippen LogP contribution in [0.15, 0.2) is 23.3 Å². The van der Waals surface area contributed by atoms with E-state index in [2.05, 4.69) is 13.8 Å². The van der Waals surface area contributed by atoms with Crippen LogP contribution < -0.4 is 0 Å². The first-order valence-corrected chi connectivity index (χ1v) is 14.4. The van der Waals surface area contributed by atoms with Crippen LogP contribution in [0.4, 0.5) is 4.79 Å². The molecule has 2 heterocycles. The first-order chi connectivity index (χ1) is 18.4. The Hall–Kier alpha value is -2.23. The molecule has 0 bridgehead atoms. The highest BCUT2D eigenvalue weighted by molar-refractivity contribution is 6.01.